The third-order valence-electron chi connectivity index (χ3n) is 5.76. The summed E-state index contributed by atoms with van der Waals surface area (Å²) in [5.41, 5.74) is 1.09. The number of cyclic esters (lactones) is 1. The van der Waals surface area contributed by atoms with E-state index in [1.807, 2.05) is 32.0 Å². The molecule has 0 amide bonds. The zero-order valence-corrected chi connectivity index (χ0v) is 18.8. The molecule has 0 aliphatic carbocycles. The second-order valence-corrected chi connectivity index (χ2v) is 9.18. The Hall–Kier alpha value is -1.63. The van der Waals surface area contributed by atoms with E-state index in [-0.39, 0.29) is 34.6 Å². The molecule has 0 unspecified atom stereocenters. The molecule has 1 heterocycles. The minimum Gasteiger partial charge on any atom is -0.496 e. The van der Waals surface area contributed by atoms with Crippen LogP contribution in [0.3, 0.4) is 0 Å². The first-order valence-corrected chi connectivity index (χ1v) is 10.6. The van der Waals surface area contributed by atoms with Crippen molar-refractivity contribution in [2.24, 2.45) is 23.7 Å². The molecule has 0 bridgehead atoms. The predicted molar refractivity (Wildman–Crippen MR) is 111 cm³/mol. The lowest BCUT2D eigenvalue weighted by atomic mass is 9.82. The van der Waals surface area contributed by atoms with Crippen LogP contribution in [0, 0.1) is 33.8 Å². The topological polar surface area (TPSA) is 78.7 Å². The van der Waals surface area contributed by atoms with Crippen LogP contribution in [-0.2, 0) is 16.0 Å². The zero-order chi connectivity index (χ0) is 21.0. The van der Waals surface area contributed by atoms with Crippen LogP contribution in [0.5, 0.6) is 5.75 Å². The Kier molecular flexibility index (Phi) is 7.87. The number of benzene rings is 1. The van der Waals surface area contributed by atoms with Gasteiger partial charge in [0.05, 0.1) is 17.5 Å². The van der Waals surface area contributed by atoms with Crippen LogP contribution < -0.4 is 4.74 Å². The minimum atomic E-state index is -0.873. The molecule has 1 fully saturated rings. The number of halogens is 1. The molecule has 1 aliphatic rings. The largest absolute Gasteiger partial charge is 0.496 e. The highest BCUT2D eigenvalue weighted by Crippen LogP contribution is 2.34. The smallest absolute Gasteiger partial charge is 0.309 e. The Morgan fingerprint density at radius 2 is 2.00 bits per heavy atom. The quantitative estimate of drug-likeness (QED) is 0.300. The lowest BCUT2D eigenvalue weighted by Crippen LogP contribution is -2.37. The minimum absolute atomic E-state index is 0.104. The van der Waals surface area contributed by atoms with E-state index in [4.69, 9.17) is 9.47 Å². The number of hydrogen-bond acceptors (Lipinski definition) is 5. The van der Waals surface area contributed by atoms with Gasteiger partial charge in [-0.3, -0.25) is 14.9 Å². The summed E-state index contributed by atoms with van der Waals surface area (Å²) in [7, 11) is 1.62. The third-order valence-corrected chi connectivity index (χ3v) is 6.38. The molecule has 0 saturated carbocycles. The van der Waals surface area contributed by atoms with Crippen molar-refractivity contribution < 1.29 is 19.2 Å². The van der Waals surface area contributed by atoms with Crippen molar-refractivity contribution >= 4 is 21.9 Å². The standard InChI is InChI=1S/C21H30BrNO5/c1-12(2)15(8-14-6-7-19(27-5)17(22)9-14)10-18(23(25)26)20-11-16(13(3)4)21(24)28-20/h6-7,9,12-13,15-16,18,20H,8,10-11H2,1-5H3/t15-,16-,18-,20-/m0/s1. The number of rotatable bonds is 9. The van der Waals surface area contributed by atoms with Crippen LogP contribution >= 0.6 is 15.9 Å². The molecular formula is C21H30BrNO5. The lowest BCUT2D eigenvalue weighted by molar-refractivity contribution is -0.535. The summed E-state index contributed by atoms with van der Waals surface area (Å²) in [6.45, 7) is 8.07. The average molecular weight is 456 g/mol. The molecular weight excluding hydrogens is 426 g/mol. The second kappa shape index (κ2) is 9.72. The summed E-state index contributed by atoms with van der Waals surface area (Å²) in [6, 6.07) is 5.01. The summed E-state index contributed by atoms with van der Waals surface area (Å²) in [5.74, 6) is 0.705. The van der Waals surface area contributed by atoms with Gasteiger partial charge in [0.1, 0.15) is 5.75 Å². The van der Waals surface area contributed by atoms with Gasteiger partial charge in [-0.25, -0.2) is 0 Å². The van der Waals surface area contributed by atoms with E-state index in [0.29, 0.717) is 12.8 Å². The Bertz CT molecular complexity index is 706. The third kappa shape index (κ3) is 5.46. The number of ether oxygens (including phenoxy) is 2. The van der Waals surface area contributed by atoms with Gasteiger partial charge in [-0.1, -0.05) is 33.8 Å². The number of hydrogen-bond donors (Lipinski definition) is 0. The first-order valence-electron chi connectivity index (χ1n) is 9.80. The van der Waals surface area contributed by atoms with Gasteiger partial charge in [0.2, 0.25) is 6.04 Å². The fourth-order valence-electron chi connectivity index (χ4n) is 3.83. The number of carbonyl (C=O) groups is 1. The molecule has 1 aromatic carbocycles. The van der Waals surface area contributed by atoms with Crippen LogP contribution in [0.2, 0.25) is 0 Å². The Morgan fingerprint density at radius 1 is 1.32 bits per heavy atom. The maximum Gasteiger partial charge on any atom is 0.309 e. The van der Waals surface area contributed by atoms with Gasteiger partial charge in [0.25, 0.3) is 0 Å². The van der Waals surface area contributed by atoms with Gasteiger partial charge in [0.15, 0.2) is 6.10 Å². The fraction of sp³-hybridized carbons (Fsp3) is 0.667. The molecule has 28 heavy (non-hydrogen) atoms. The van der Waals surface area contributed by atoms with Crippen molar-refractivity contribution in [3.8, 4) is 5.75 Å². The molecule has 1 aromatic rings. The van der Waals surface area contributed by atoms with Crippen LogP contribution in [0.25, 0.3) is 0 Å². The van der Waals surface area contributed by atoms with E-state index < -0.39 is 12.1 Å². The van der Waals surface area contributed by atoms with Crippen LogP contribution in [-0.4, -0.2) is 30.1 Å². The van der Waals surface area contributed by atoms with Gasteiger partial charge in [-0.15, -0.1) is 0 Å². The zero-order valence-electron chi connectivity index (χ0n) is 17.2. The fourth-order valence-corrected chi connectivity index (χ4v) is 4.41. The number of methoxy groups -OCH3 is 1. The van der Waals surface area contributed by atoms with E-state index in [9.17, 15) is 14.9 Å². The van der Waals surface area contributed by atoms with Crippen molar-refractivity contribution in [1.82, 2.24) is 0 Å². The Labute approximate surface area is 175 Å². The molecule has 2 rings (SSSR count). The average Bonchev–Trinajstić information content (AvgIpc) is 2.99. The highest BCUT2D eigenvalue weighted by atomic mass is 79.9. The van der Waals surface area contributed by atoms with E-state index in [1.54, 1.807) is 7.11 Å². The van der Waals surface area contributed by atoms with Crippen LogP contribution in [0.1, 0.15) is 46.1 Å². The van der Waals surface area contributed by atoms with Crippen molar-refractivity contribution in [2.75, 3.05) is 7.11 Å². The molecule has 0 spiro atoms. The highest BCUT2D eigenvalue weighted by Gasteiger charge is 2.46. The van der Waals surface area contributed by atoms with E-state index >= 15 is 0 Å². The van der Waals surface area contributed by atoms with E-state index in [1.165, 1.54) is 0 Å². The summed E-state index contributed by atoms with van der Waals surface area (Å²) < 4.78 is 11.6. The molecule has 6 nitrogen and oxygen atoms in total. The van der Waals surface area contributed by atoms with Gasteiger partial charge < -0.3 is 9.47 Å². The van der Waals surface area contributed by atoms with Gasteiger partial charge in [-0.05, 0) is 57.8 Å². The molecule has 0 aromatic heterocycles. The first kappa shape index (κ1) is 22.7. The monoisotopic (exact) mass is 455 g/mol. The molecule has 0 radical (unpaired) electrons. The Morgan fingerprint density at radius 3 is 2.46 bits per heavy atom. The summed E-state index contributed by atoms with van der Waals surface area (Å²) in [5, 5.41) is 11.8. The van der Waals surface area contributed by atoms with Crippen molar-refractivity contribution in [3.05, 3.63) is 38.3 Å². The normalized spacial score (nSPS) is 21.6. The van der Waals surface area contributed by atoms with Gasteiger partial charge in [-0.2, -0.15) is 0 Å². The van der Waals surface area contributed by atoms with Gasteiger partial charge >= 0.3 is 5.97 Å². The van der Waals surface area contributed by atoms with E-state index in [0.717, 1.165) is 22.2 Å². The maximum atomic E-state index is 12.1. The lowest BCUT2D eigenvalue weighted by Gasteiger charge is -2.25. The number of carbonyl (C=O) groups excluding carboxylic acids is 1. The summed E-state index contributed by atoms with van der Waals surface area (Å²) >= 11 is 3.50. The predicted octanol–water partition coefficient (Wildman–Crippen LogP) is 4.90. The first-order chi connectivity index (χ1) is 13.1. The van der Waals surface area contributed by atoms with Crippen LogP contribution in [0.4, 0.5) is 0 Å². The highest BCUT2D eigenvalue weighted by molar-refractivity contribution is 9.10. The summed E-state index contributed by atoms with van der Waals surface area (Å²) in [4.78, 5) is 23.6. The molecule has 7 heteroatoms. The van der Waals surface area contributed by atoms with Crippen molar-refractivity contribution in [3.63, 3.8) is 0 Å². The SMILES string of the molecule is COc1ccc(C[C@@H](C[C@@H]([C@@H]2C[C@@H](C(C)C)C(=O)O2)[N+](=O)[O-])C(C)C)cc1Br. The molecule has 0 N–H and O–H groups in total. The van der Waals surface area contributed by atoms with Gasteiger partial charge in [0, 0.05) is 17.8 Å². The maximum absolute atomic E-state index is 12.1. The van der Waals surface area contributed by atoms with Crippen molar-refractivity contribution in [2.45, 2.75) is 59.1 Å². The van der Waals surface area contributed by atoms with Crippen molar-refractivity contribution in [1.29, 1.82) is 0 Å². The number of nitro groups is 1. The number of nitrogens with zero attached hydrogens (tertiary/aromatic N) is 1. The van der Waals surface area contributed by atoms with Crippen LogP contribution in [0.15, 0.2) is 22.7 Å². The van der Waals surface area contributed by atoms with E-state index in [2.05, 4.69) is 29.8 Å². The molecule has 1 aliphatic heterocycles. The Balaban J connectivity index is 2.15. The second-order valence-electron chi connectivity index (χ2n) is 8.33. The molecule has 1 saturated heterocycles. The number of esters is 1. The summed E-state index contributed by atoms with van der Waals surface area (Å²) in [6.07, 6.45) is 0.899. The molecule has 156 valence electrons. The molecule has 4 atom stereocenters.